The summed E-state index contributed by atoms with van der Waals surface area (Å²) in [6, 6.07) is 20.5. The van der Waals surface area contributed by atoms with Crippen LogP contribution in [0.5, 0.6) is 0 Å². The van der Waals surface area contributed by atoms with Crippen molar-refractivity contribution in [2.45, 2.75) is 26.2 Å². The van der Waals surface area contributed by atoms with E-state index in [1.165, 1.54) is 0 Å². The van der Waals surface area contributed by atoms with Gasteiger partial charge >= 0.3 is 0 Å². The fourth-order valence-corrected chi connectivity index (χ4v) is 3.90. The van der Waals surface area contributed by atoms with E-state index < -0.39 is 5.41 Å². The molecule has 0 saturated heterocycles. The first-order valence-electron chi connectivity index (χ1n) is 8.44. The maximum absolute atomic E-state index is 9.83. The third-order valence-electron chi connectivity index (χ3n) is 4.85. The molecule has 2 aromatic carbocycles. The highest BCUT2D eigenvalue weighted by atomic mass is 79.9. The zero-order valence-corrected chi connectivity index (χ0v) is 16.7. The van der Waals surface area contributed by atoms with Crippen LogP contribution in [0.15, 0.2) is 76.5 Å². The second kappa shape index (κ2) is 7.42. The number of nitrogens with zero attached hydrogens (tertiary/aromatic N) is 2. The van der Waals surface area contributed by atoms with Gasteiger partial charge in [-0.2, -0.15) is 0 Å². The Morgan fingerprint density at radius 2 is 1.69 bits per heavy atom. The van der Waals surface area contributed by atoms with E-state index in [1.54, 1.807) is 6.20 Å². The van der Waals surface area contributed by atoms with Crippen molar-refractivity contribution < 1.29 is 5.21 Å². The lowest BCUT2D eigenvalue weighted by atomic mass is 9.65. The topological polar surface area (TPSA) is 45.5 Å². The van der Waals surface area contributed by atoms with Gasteiger partial charge < -0.3 is 5.21 Å². The summed E-state index contributed by atoms with van der Waals surface area (Å²) in [5.41, 5.74) is 5.11. The molecule has 3 rings (SSSR count). The number of hydrogen-bond acceptors (Lipinski definition) is 3. The maximum atomic E-state index is 9.83. The van der Waals surface area contributed by atoms with Crippen LogP contribution in [0.1, 0.15) is 34.9 Å². The Hall–Kier alpha value is -2.46. The highest BCUT2D eigenvalue weighted by Gasteiger charge is 2.41. The van der Waals surface area contributed by atoms with Gasteiger partial charge in [0.15, 0.2) is 0 Å². The molecule has 0 radical (unpaired) electrons. The van der Waals surface area contributed by atoms with Crippen molar-refractivity contribution in [2.24, 2.45) is 5.16 Å². The largest absolute Gasteiger partial charge is 0.411 e. The molecular weight excluding hydrogens is 388 g/mol. The van der Waals surface area contributed by atoms with Crippen LogP contribution in [-0.4, -0.2) is 15.9 Å². The van der Waals surface area contributed by atoms with Gasteiger partial charge in [-0.15, -0.1) is 0 Å². The average Bonchev–Trinajstić information content (AvgIpc) is 2.65. The van der Waals surface area contributed by atoms with Crippen LogP contribution in [0.3, 0.4) is 0 Å². The molecule has 1 N–H and O–H groups in total. The summed E-state index contributed by atoms with van der Waals surface area (Å²) in [5, 5.41) is 13.5. The highest BCUT2D eigenvalue weighted by Crippen LogP contribution is 2.42. The van der Waals surface area contributed by atoms with Crippen LogP contribution in [0.25, 0.3) is 0 Å². The van der Waals surface area contributed by atoms with Crippen LogP contribution in [0, 0.1) is 13.8 Å². The van der Waals surface area contributed by atoms with E-state index >= 15 is 0 Å². The number of aryl methyl sites for hydroxylation is 2. The van der Waals surface area contributed by atoms with Gasteiger partial charge in [0, 0.05) is 16.4 Å². The average molecular weight is 409 g/mol. The first-order valence-corrected chi connectivity index (χ1v) is 9.24. The fourth-order valence-electron chi connectivity index (χ4n) is 3.64. The van der Waals surface area contributed by atoms with Gasteiger partial charge in [-0.05, 0) is 67.3 Å². The van der Waals surface area contributed by atoms with Gasteiger partial charge in [-0.25, -0.2) is 0 Å². The quantitative estimate of drug-likeness (QED) is 0.344. The fraction of sp³-hybridized carbons (Fsp3) is 0.182. The number of hydrogen-bond donors (Lipinski definition) is 1. The Morgan fingerprint density at radius 3 is 2.31 bits per heavy atom. The smallest absolute Gasteiger partial charge is 0.0868 e. The Balaban J connectivity index is 2.47. The second-order valence-corrected chi connectivity index (χ2v) is 7.36. The van der Waals surface area contributed by atoms with Crippen molar-refractivity contribution in [3.63, 3.8) is 0 Å². The lowest BCUT2D eigenvalue weighted by Crippen LogP contribution is -2.38. The summed E-state index contributed by atoms with van der Waals surface area (Å²) in [6.45, 7) is 5.92. The van der Waals surface area contributed by atoms with Gasteiger partial charge in [0.1, 0.15) is 0 Å². The van der Waals surface area contributed by atoms with E-state index in [9.17, 15) is 5.21 Å². The molecule has 1 aromatic heterocycles. The summed E-state index contributed by atoms with van der Waals surface area (Å²) >= 11 is 3.52. The number of pyridine rings is 1. The van der Waals surface area contributed by atoms with Gasteiger partial charge in [-0.1, -0.05) is 57.5 Å². The molecule has 4 heteroatoms. The van der Waals surface area contributed by atoms with Crippen molar-refractivity contribution in [1.82, 2.24) is 4.98 Å². The molecule has 132 valence electrons. The maximum Gasteiger partial charge on any atom is 0.0868 e. The molecule has 26 heavy (non-hydrogen) atoms. The van der Waals surface area contributed by atoms with E-state index in [4.69, 9.17) is 0 Å². The Labute approximate surface area is 162 Å². The van der Waals surface area contributed by atoms with E-state index in [-0.39, 0.29) is 0 Å². The molecule has 0 bridgehead atoms. The standard InChI is InChI=1S/C22H21BrN2O/c1-15-6-4-5-7-21(15)22(17(3)25-26,18-8-10-20(23)11-9-18)19-12-13-24-16(2)14-19/h4-14,26H,1-3H3/b25-17-/t22-/m0/s1. The predicted molar refractivity (Wildman–Crippen MR) is 109 cm³/mol. The van der Waals surface area contributed by atoms with Crippen molar-refractivity contribution >= 4 is 21.6 Å². The first kappa shape index (κ1) is 18.3. The third-order valence-corrected chi connectivity index (χ3v) is 5.38. The van der Waals surface area contributed by atoms with Crippen molar-refractivity contribution in [1.29, 1.82) is 0 Å². The van der Waals surface area contributed by atoms with Crippen molar-refractivity contribution in [3.05, 3.63) is 99.3 Å². The highest BCUT2D eigenvalue weighted by molar-refractivity contribution is 9.10. The monoisotopic (exact) mass is 408 g/mol. The molecule has 3 aromatic rings. The first-order chi connectivity index (χ1) is 12.5. The van der Waals surface area contributed by atoms with Gasteiger partial charge in [0.2, 0.25) is 0 Å². The van der Waals surface area contributed by atoms with Crippen LogP contribution < -0.4 is 0 Å². The van der Waals surface area contributed by atoms with Crippen LogP contribution in [-0.2, 0) is 5.41 Å². The predicted octanol–water partition coefficient (Wildman–Crippen LogP) is 5.65. The van der Waals surface area contributed by atoms with Crippen LogP contribution >= 0.6 is 15.9 Å². The van der Waals surface area contributed by atoms with Crippen LogP contribution in [0.2, 0.25) is 0 Å². The molecule has 0 unspecified atom stereocenters. The van der Waals surface area contributed by atoms with Crippen molar-refractivity contribution in [2.75, 3.05) is 0 Å². The number of benzene rings is 2. The van der Waals surface area contributed by atoms with E-state index in [0.29, 0.717) is 5.71 Å². The molecule has 0 amide bonds. The minimum absolute atomic E-state index is 0.611. The molecular formula is C22H21BrN2O. The van der Waals surface area contributed by atoms with E-state index in [1.807, 2.05) is 44.2 Å². The van der Waals surface area contributed by atoms with E-state index in [2.05, 4.69) is 63.3 Å². The lowest BCUT2D eigenvalue weighted by Gasteiger charge is -2.36. The summed E-state index contributed by atoms with van der Waals surface area (Å²) in [7, 11) is 0. The lowest BCUT2D eigenvalue weighted by molar-refractivity contribution is 0.315. The number of rotatable bonds is 4. The Morgan fingerprint density at radius 1 is 1.00 bits per heavy atom. The molecule has 1 atom stereocenters. The minimum atomic E-state index is -0.700. The number of oxime groups is 1. The van der Waals surface area contributed by atoms with Gasteiger partial charge in [0.05, 0.1) is 11.1 Å². The SMILES string of the molecule is C/C(=N/O)[C@](c1ccc(Br)cc1)(c1ccnc(C)c1)c1ccccc1C. The molecule has 0 saturated carbocycles. The number of aromatic nitrogens is 1. The molecule has 0 fully saturated rings. The molecule has 1 heterocycles. The Bertz CT molecular complexity index is 950. The molecule has 0 aliphatic carbocycles. The van der Waals surface area contributed by atoms with Gasteiger partial charge in [-0.3, -0.25) is 4.98 Å². The number of halogens is 1. The zero-order valence-electron chi connectivity index (χ0n) is 15.1. The van der Waals surface area contributed by atoms with Crippen molar-refractivity contribution in [3.8, 4) is 0 Å². The minimum Gasteiger partial charge on any atom is -0.411 e. The molecule has 0 spiro atoms. The zero-order chi connectivity index (χ0) is 18.7. The summed E-state index contributed by atoms with van der Waals surface area (Å²) in [6.07, 6.45) is 1.81. The molecule has 3 nitrogen and oxygen atoms in total. The van der Waals surface area contributed by atoms with E-state index in [0.717, 1.165) is 32.4 Å². The normalized spacial score (nSPS) is 14.1. The molecule has 0 aliphatic rings. The molecule has 0 aliphatic heterocycles. The van der Waals surface area contributed by atoms with Crippen LogP contribution in [0.4, 0.5) is 0 Å². The summed E-state index contributed by atoms with van der Waals surface area (Å²) < 4.78 is 1.00. The second-order valence-electron chi connectivity index (χ2n) is 6.44. The summed E-state index contributed by atoms with van der Waals surface area (Å²) in [4.78, 5) is 4.35. The Kier molecular flexibility index (Phi) is 5.23. The summed E-state index contributed by atoms with van der Waals surface area (Å²) in [5.74, 6) is 0. The van der Waals surface area contributed by atoms with Gasteiger partial charge in [0.25, 0.3) is 0 Å². The third kappa shape index (κ3) is 3.06.